The van der Waals surface area contributed by atoms with E-state index in [4.69, 9.17) is 15.7 Å². The summed E-state index contributed by atoms with van der Waals surface area (Å²) in [5.74, 6) is 0.810. The zero-order chi connectivity index (χ0) is 23.4. The third-order valence-electron chi connectivity index (χ3n) is 6.26. The Labute approximate surface area is 199 Å². The number of nitrogens with two attached hydrogens (primary N) is 1. The Kier molecular flexibility index (Phi) is 4.33. The lowest BCUT2D eigenvalue weighted by atomic mass is 10.1. The summed E-state index contributed by atoms with van der Waals surface area (Å²) in [6, 6.07) is 12.0. The molecule has 0 saturated carbocycles. The van der Waals surface area contributed by atoms with Crippen LogP contribution in [0.5, 0.6) is 0 Å². The largest absolute Gasteiger partial charge is 0.353 e. The highest BCUT2D eigenvalue weighted by Gasteiger charge is 2.25. The van der Waals surface area contributed by atoms with Crippen LogP contribution in [0.4, 0.5) is 5.82 Å². The summed E-state index contributed by atoms with van der Waals surface area (Å²) in [7, 11) is 0. The highest BCUT2D eigenvalue weighted by molar-refractivity contribution is 5.99. The van der Waals surface area contributed by atoms with Gasteiger partial charge in [-0.1, -0.05) is 0 Å². The van der Waals surface area contributed by atoms with Gasteiger partial charge in [0, 0.05) is 54.2 Å². The van der Waals surface area contributed by atoms with Crippen LogP contribution < -0.4 is 10.6 Å². The number of anilines is 1. The molecule has 0 bridgehead atoms. The van der Waals surface area contributed by atoms with Crippen molar-refractivity contribution in [3.8, 4) is 34.0 Å². The molecule has 7 heterocycles. The van der Waals surface area contributed by atoms with E-state index in [1.807, 2.05) is 36.5 Å². The number of H-pyrrole nitrogens is 2. The van der Waals surface area contributed by atoms with E-state index in [0.717, 1.165) is 69.2 Å². The lowest BCUT2D eigenvalue weighted by Gasteiger charge is -2.37. The summed E-state index contributed by atoms with van der Waals surface area (Å²) >= 11 is 0. The van der Waals surface area contributed by atoms with Gasteiger partial charge >= 0.3 is 0 Å². The van der Waals surface area contributed by atoms with E-state index in [0.29, 0.717) is 5.69 Å². The quantitative estimate of drug-likeness (QED) is 0.365. The van der Waals surface area contributed by atoms with Crippen molar-refractivity contribution < 1.29 is 0 Å². The van der Waals surface area contributed by atoms with Gasteiger partial charge in [0.2, 0.25) is 0 Å². The molecule has 0 unspecified atom stereocenters. The smallest absolute Gasteiger partial charge is 0.147 e. The molecule has 4 N–H and O–H groups in total. The number of nitrogens with one attached hydrogen (secondary N) is 2. The maximum absolute atomic E-state index is 5.93. The Morgan fingerprint density at radius 2 is 1.83 bits per heavy atom. The fourth-order valence-corrected chi connectivity index (χ4v) is 4.47. The first-order valence-electron chi connectivity index (χ1n) is 11.3. The number of rotatable bonds is 4. The average Bonchev–Trinajstić information content (AvgIpc) is 3.51. The average molecular weight is 461 g/mol. The van der Waals surface area contributed by atoms with Crippen molar-refractivity contribution in [1.29, 1.82) is 0 Å². The second-order valence-corrected chi connectivity index (χ2v) is 8.64. The van der Waals surface area contributed by atoms with E-state index in [1.165, 1.54) is 0 Å². The van der Waals surface area contributed by atoms with Crippen LogP contribution >= 0.6 is 0 Å². The zero-order valence-electron chi connectivity index (χ0n) is 18.6. The number of aromatic nitrogens is 8. The van der Waals surface area contributed by atoms with Gasteiger partial charge < -0.3 is 15.6 Å². The van der Waals surface area contributed by atoms with Gasteiger partial charge in [-0.05, 0) is 36.4 Å². The molecule has 7 rings (SSSR count). The van der Waals surface area contributed by atoms with Crippen LogP contribution in [0, 0.1) is 0 Å². The van der Waals surface area contributed by atoms with Crippen molar-refractivity contribution in [3.63, 3.8) is 0 Å². The third-order valence-corrected chi connectivity index (χ3v) is 6.26. The van der Waals surface area contributed by atoms with Gasteiger partial charge in [0.05, 0.1) is 35.0 Å². The van der Waals surface area contributed by atoms with E-state index in [2.05, 4.69) is 41.1 Å². The number of pyridine rings is 3. The van der Waals surface area contributed by atoms with Gasteiger partial charge in [-0.25, -0.2) is 9.97 Å². The predicted octanol–water partition coefficient (Wildman–Crippen LogP) is 3.17. The molecule has 10 heteroatoms. The molecule has 0 amide bonds. The standard InChI is InChI=1S/C25H20N10/c26-15-12-35(13-15)22-11-28-10-21(31-22)18-3-4-19-24(32-18)25(34-33-19)20-8-16-17(30-20)5-7-29-23(16)14-2-1-6-27-9-14/h1-11,15,30H,12-13,26H2,(H,33,34). The molecule has 35 heavy (non-hydrogen) atoms. The summed E-state index contributed by atoms with van der Waals surface area (Å²) in [5, 5.41) is 8.65. The SMILES string of the molecule is NC1CN(c2cncc(-c3ccc4[nH]nc(-c5cc6c(-c7cccnc7)nccc6[nH]5)c4n3)n2)C1. The minimum atomic E-state index is 0.189. The first-order chi connectivity index (χ1) is 17.2. The maximum Gasteiger partial charge on any atom is 0.147 e. The van der Waals surface area contributed by atoms with Gasteiger partial charge in [-0.15, -0.1) is 0 Å². The van der Waals surface area contributed by atoms with Crippen LogP contribution in [-0.2, 0) is 0 Å². The van der Waals surface area contributed by atoms with Crippen LogP contribution in [0.3, 0.4) is 0 Å². The Balaban J connectivity index is 1.31. The van der Waals surface area contributed by atoms with Crippen molar-refractivity contribution in [2.75, 3.05) is 18.0 Å². The second kappa shape index (κ2) is 7.67. The summed E-state index contributed by atoms with van der Waals surface area (Å²) in [5.41, 5.74) is 13.3. The Morgan fingerprint density at radius 1 is 0.886 bits per heavy atom. The molecule has 0 aromatic carbocycles. The lowest BCUT2D eigenvalue weighted by molar-refractivity contribution is 0.514. The molecule has 1 aliphatic rings. The maximum atomic E-state index is 5.93. The van der Waals surface area contributed by atoms with Gasteiger partial charge in [0.25, 0.3) is 0 Å². The second-order valence-electron chi connectivity index (χ2n) is 8.64. The fourth-order valence-electron chi connectivity index (χ4n) is 4.47. The molecule has 10 nitrogen and oxygen atoms in total. The number of fused-ring (bicyclic) bond motifs is 2. The first-order valence-corrected chi connectivity index (χ1v) is 11.3. The monoisotopic (exact) mass is 460 g/mol. The molecular formula is C25H20N10. The van der Waals surface area contributed by atoms with Gasteiger partial charge in [0.15, 0.2) is 0 Å². The molecular weight excluding hydrogens is 440 g/mol. The van der Waals surface area contributed by atoms with Crippen LogP contribution in [0.2, 0.25) is 0 Å². The summed E-state index contributed by atoms with van der Waals surface area (Å²) in [6.45, 7) is 1.57. The van der Waals surface area contributed by atoms with Crippen LogP contribution in [0.25, 0.3) is 56.0 Å². The highest BCUT2D eigenvalue weighted by atomic mass is 15.3. The molecule has 1 fully saturated rings. The van der Waals surface area contributed by atoms with Crippen LogP contribution in [-0.4, -0.2) is 59.2 Å². The van der Waals surface area contributed by atoms with Crippen molar-refractivity contribution in [3.05, 3.63) is 67.4 Å². The van der Waals surface area contributed by atoms with E-state index in [9.17, 15) is 0 Å². The normalized spacial score (nSPS) is 14.0. The Hall–Kier alpha value is -4.70. The van der Waals surface area contributed by atoms with Gasteiger partial charge in [-0.3, -0.25) is 20.1 Å². The van der Waals surface area contributed by atoms with Crippen molar-refractivity contribution in [2.45, 2.75) is 6.04 Å². The first kappa shape index (κ1) is 19.7. The van der Waals surface area contributed by atoms with E-state index < -0.39 is 0 Å². The van der Waals surface area contributed by atoms with Gasteiger partial charge in [0.1, 0.15) is 22.7 Å². The third kappa shape index (κ3) is 3.30. The minimum absolute atomic E-state index is 0.189. The van der Waals surface area contributed by atoms with Crippen molar-refractivity contribution in [2.24, 2.45) is 5.73 Å². The van der Waals surface area contributed by atoms with Crippen molar-refractivity contribution >= 4 is 27.8 Å². The molecule has 1 aliphatic heterocycles. The molecule has 170 valence electrons. The molecule has 6 aromatic heterocycles. The topological polar surface area (TPSA) is 138 Å². The number of hydrogen-bond donors (Lipinski definition) is 3. The Bertz CT molecular complexity index is 1680. The molecule has 0 atom stereocenters. The Morgan fingerprint density at radius 3 is 2.69 bits per heavy atom. The van der Waals surface area contributed by atoms with Crippen LogP contribution in [0.1, 0.15) is 0 Å². The number of aromatic amines is 2. The fraction of sp³-hybridized carbons (Fsp3) is 0.120. The summed E-state index contributed by atoms with van der Waals surface area (Å²) < 4.78 is 0. The predicted molar refractivity (Wildman–Crippen MR) is 133 cm³/mol. The highest BCUT2D eigenvalue weighted by Crippen LogP contribution is 2.33. The van der Waals surface area contributed by atoms with E-state index in [-0.39, 0.29) is 6.04 Å². The molecule has 6 aromatic rings. The molecule has 0 spiro atoms. The lowest BCUT2D eigenvalue weighted by Crippen LogP contribution is -2.56. The number of hydrogen-bond acceptors (Lipinski definition) is 8. The molecule has 1 saturated heterocycles. The summed E-state index contributed by atoms with van der Waals surface area (Å²) in [4.78, 5) is 28.5. The summed E-state index contributed by atoms with van der Waals surface area (Å²) in [6.07, 6.45) is 8.85. The van der Waals surface area contributed by atoms with Gasteiger partial charge in [-0.2, -0.15) is 5.10 Å². The molecule has 0 aliphatic carbocycles. The van der Waals surface area contributed by atoms with Crippen molar-refractivity contribution in [1.82, 2.24) is 40.1 Å². The van der Waals surface area contributed by atoms with E-state index in [1.54, 1.807) is 24.8 Å². The minimum Gasteiger partial charge on any atom is -0.353 e. The molecule has 0 radical (unpaired) electrons. The van der Waals surface area contributed by atoms with E-state index >= 15 is 0 Å². The zero-order valence-corrected chi connectivity index (χ0v) is 18.6. The number of nitrogens with zero attached hydrogens (tertiary/aromatic N) is 7. The van der Waals surface area contributed by atoms with Crippen LogP contribution in [0.15, 0.2) is 67.4 Å².